The van der Waals surface area contributed by atoms with Gasteiger partial charge in [0.2, 0.25) is 0 Å². The average molecular weight is 252 g/mol. The summed E-state index contributed by atoms with van der Waals surface area (Å²) in [5, 5.41) is 2.38. The van der Waals surface area contributed by atoms with Crippen LogP contribution in [0.25, 0.3) is 0 Å². The number of nitrogens with two attached hydrogens (primary N) is 1. The van der Waals surface area contributed by atoms with Crippen molar-refractivity contribution in [2.24, 2.45) is 5.73 Å². The van der Waals surface area contributed by atoms with E-state index in [1.54, 1.807) is 0 Å². The van der Waals surface area contributed by atoms with Crippen molar-refractivity contribution in [3.8, 4) is 0 Å². The smallest absolute Gasteiger partial charge is 0.407 e. The lowest BCUT2D eigenvalue weighted by atomic mass is 10.2. The van der Waals surface area contributed by atoms with E-state index >= 15 is 0 Å². The standard InChI is InChI=1S/C12H16N2O4/c1-17-11(15)10(13)7-14-12(16)18-8-9-5-3-2-4-6-9/h2-6,10H,7-8,13H2,1H3,(H,14,16). The maximum Gasteiger partial charge on any atom is 0.407 e. The number of alkyl carbamates (subject to hydrolysis) is 1. The van der Waals surface area contributed by atoms with Crippen molar-refractivity contribution in [3.05, 3.63) is 35.9 Å². The van der Waals surface area contributed by atoms with Gasteiger partial charge in [-0.05, 0) is 5.56 Å². The van der Waals surface area contributed by atoms with Crippen LogP contribution in [-0.2, 0) is 20.9 Å². The minimum absolute atomic E-state index is 0.0275. The topological polar surface area (TPSA) is 90.6 Å². The molecule has 1 aromatic carbocycles. The van der Waals surface area contributed by atoms with Gasteiger partial charge in [0.05, 0.1) is 7.11 Å². The fourth-order valence-electron chi connectivity index (χ4n) is 1.20. The minimum atomic E-state index is -0.890. The molecule has 0 radical (unpaired) electrons. The summed E-state index contributed by atoms with van der Waals surface area (Å²) in [5.41, 5.74) is 6.32. The molecule has 1 rings (SSSR count). The van der Waals surface area contributed by atoms with Crippen molar-refractivity contribution in [3.63, 3.8) is 0 Å². The molecular weight excluding hydrogens is 236 g/mol. The fourth-order valence-corrected chi connectivity index (χ4v) is 1.20. The van der Waals surface area contributed by atoms with Gasteiger partial charge in [-0.2, -0.15) is 0 Å². The van der Waals surface area contributed by atoms with Crippen molar-refractivity contribution < 1.29 is 19.1 Å². The predicted molar refractivity (Wildman–Crippen MR) is 64.6 cm³/mol. The Labute approximate surface area is 105 Å². The molecule has 6 heteroatoms. The highest BCUT2D eigenvalue weighted by molar-refractivity contribution is 5.76. The Bertz CT molecular complexity index is 394. The zero-order valence-electron chi connectivity index (χ0n) is 10.1. The lowest BCUT2D eigenvalue weighted by molar-refractivity contribution is -0.141. The number of carbonyl (C=O) groups excluding carboxylic acids is 2. The number of hydrogen-bond acceptors (Lipinski definition) is 5. The first-order valence-corrected chi connectivity index (χ1v) is 5.41. The highest BCUT2D eigenvalue weighted by atomic mass is 16.5. The molecule has 0 bridgehead atoms. The monoisotopic (exact) mass is 252 g/mol. The van der Waals surface area contributed by atoms with Gasteiger partial charge in [-0.3, -0.25) is 4.79 Å². The zero-order valence-corrected chi connectivity index (χ0v) is 10.1. The van der Waals surface area contributed by atoms with E-state index in [4.69, 9.17) is 10.5 Å². The zero-order chi connectivity index (χ0) is 13.4. The lowest BCUT2D eigenvalue weighted by Gasteiger charge is -2.10. The summed E-state index contributed by atoms with van der Waals surface area (Å²) in [6.45, 7) is 0.139. The summed E-state index contributed by atoms with van der Waals surface area (Å²) < 4.78 is 9.35. The molecule has 1 atom stereocenters. The van der Waals surface area contributed by atoms with Gasteiger partial charge in [0, 0.05) is 6.54 Å². The largest absolute Gasteiger partial charge is 0.468 e. The van der Waals surface area contributed by atoms with E-state index in [9.17, 15) is 9.59 Å². The summed E-state index contributed by atoms with van der Waals surface area (Å²) in [6, 6.07) is 8.37. The maximum absolute atomic E-state index is 11.3. The third-order valence-electron chi connectivity index (χ3n) is 2.18. The van der Waals surface area contributed by atoms with Gasteiger partial charge in [-0.1, -0.05) is 30.3 Å². The van der Waals surface area contributed by atoms with Gasteiger partial charge in [0.1, 0.15) is 12.6 Å². The molecule has 0 saturated heterocycles. The van der Waals surface area contributed by atoms with Crippen molar-refractivity contribution >= 4 is 12.1 Å². The summed E-state index contributed by atoms with van der Waals surface area (Å²) in [7, 11) is 1.23. The highest BCUT2D eigenvalue weighted by Crippen LogP contribution is 2.00. The third-order valence-corrected chi connectivity index (χ3v) is 2.18. The van der Waals surface area contributed by atoms with Crippen LogP contribution in [0, 0.1) is 0 Å². The molecule has 0 aliphatic carbocycles. The molecular formula is C12H16N2O4. The number of methoxy groups -OCH3 is 1. The van der Waals surface area contributed by atoms with E-state index < -0.39 is 18.1 Å². The molecule has 3 N–H and O–H groups in total. The van der Waals surface area contributed by atoms with E-state index in [1.807, 2.05) is 30.3 Å². The molecule has 0 saturated carbocycles. The Kier molecular flexibility index (Phi) is 5.66. The first-order chi connectivity index (χ1) is 8.63. The fraction of sp³-hybridized carbons (Fsp3) is 0.333. The number of benzene rings is 1. The quantitative estimate of drug-likeness (QED) is 0.741. The summed E-state index contributed by atoms with van der Waals surface area (Å²) >= 11 is 0. The van der Waals surface area contributed by atoms with Crippen LogP contribution in [0.3, 0.4) is 0 Å². The molecule has 0 fully saturated rings. The Morgan fingerprint density at radius 1 is 1.33 bits per heavy atom. The summed E-state index contributed by atoms with van der Waals surface area (Å²) in [4.78, 5) is 22.3. The molecule has 98 valence electrons. The number of nitrogens with one attached hydrogen (secondary N) is 1. The van der Waals surface area contributed by atoms with Crippen LogP contribution in [0.15, 0.2) is 30.3 Å². The number of carbonyl (C=O) groups is 2. The first kappa shape index (κ1) is 14.0. The molecule has 0 aliphatic rings. The van der Waals surface area contributed by atoms with Gasteiger partial charge in [0.15, 0.2) is 0 Å². The minimum Gasteiger partial charge on any atom is -0.468 e. The molecule has 1 aromatic rings. The van der Waals surface area contributed by atoms with Crippen molar-refractivity contribution in [1.82, 2.24) is 5.32 Å². The second kappa shape index (κ2) is 7.29. The van der Waals surface area contributed by atoms with Crippen LogP contribution in [0.1, 0.15) is 5.56 Å². The number of amides is 1. The van der Waals surface area contributed by atoms with Crippen molar-refractivity contribution in [2.75, 3.05) is 13.7 Å². The van der Waals surface area contributed by atoms with E-state index in [2.05, 4.69) is 10.1 Å². The third kappa shape index (κ3) is 4.84. The van der Waals surface area contributed by atoms with Crippen molar-refractivity contribution in [2.45, 2.75) is 12.6 Å². The SMILES string of the molecule is COC(=O)C(N)CNC(=O)OCc1ccccc1. The lowest BCUT2D eigenvalue weighted by Crippen LogP contribution is -2.43. The van der Waals surface area contributed by atoms with Crippen LogP contribution in [0.4, 0.5) is 4.79 Å². The molecule has 0 aromatic heterocycles. The van der Waals surface area contributed by atoms with E-state index in [1.165, 1.54) is 7.11 Å². The molecule has 0 aliphatic heterocycles. The van der Waals surface area contributed by atoms with E-state index in [-0.39, 0.29) is 13.2 Å². The van der Waals surface area contributed by atoms with Gasteiger partial charge >= 0.3 is 12.1 Å². The normalized spacial score (nSPS) is 11.4. The number of hydrogen-bond donors (Lipinski definition) is 2. The van der Waals surface area contributed by atoms with Crippen molar-refractivity contribution in [1.29, 1.82) is 0 Å². The Morgan fingerprint density at radius 3 is 2.61 bits per heavy atom. The number of esters is 1. The number of ether oxygens (including phenoxy) is 2. The molecule has 1 amide bonds. The van der Waals surface area contributed by atoms with Crippen LogP contribution < -0.4 is 11.1 Å². The summed E-state index contributed by atoms with van der Waals surface area (Å²) in [5.74, 6) is -0.585. The van der Waals surface area contributed by atoms with Gasteiger partial charge < -0.3 is 20.5 Å². The van der Waals surface area contributed by atoms with Crippen LogP contribution in [0.2, 0.25) is 0 Å². The van der Waals surface area contributed by atoms with E-state index in [0.29, 0.717) is 0 Å². The molecule has 0 heterocycles. The Morgan fingerprint density at radius 2 is 2.00 bits per heavy atom. The first-order valence-electron chi connectivity index (χ1n) is 5.41. The van der Waals surface area contributed by atoms with Crippen LogP contribution in [-0.4, -0.2) is 31.8 Å². The molecule has 18 heavy (non-hydrogen) atoms. The van der Waals surface area contributed by atoms with Gasteiger partial charge in [-0.25, -0.2) is 4.79 Å². The van der Waals surface area contributed by atoms with Gasteiger partial charge in [-0.15, -0.1) is 0 Å². The van der Waals surface area contributed by atoms with E-state index in [0.717, 1.165) is 5.56 Å². The maximum atomic E-state index is 11.3. The highest BCUT2D eigenvalue weighted by Gasteiger charge is 2.14. The summed E-state index contributed by atoms with van der Waals surface area (Å²) in [6.07, 6.45) is -0.627. The second-order valence-corrected chi connectivity index (χ2v) is 3.57. The average Bonchev–Trinajstić information content (AvgIpc) is 2.42. The van der Waals surface area contributed by atoms with Crippen LogP contribution >= 0.6 is 0 Å². The molecule has 0 spiro atoms. The van der Waals surface area contributed by atoms with Crippen LogP contribution in [0.5, 0.6) is 0 Å². The number of rotatable bonds is 5. The predicted octanol–water partition coefficient (Wildman–Crippen LogP) is 0.413. The second-order valence-electron chi connectivity index (χ2n) is 3.57. The van der Waals surface area contributed by atoms with Gasteiger partial charge in [0.25, 0.3) is 0 Å². The molecule has 6 nitrogen and oxygen atoms in total. The Hall–Kier alpha value is -2.08. The Balaban J connectivity index is 2.24. The molecule has 1 unspecified atom stereocenters.